The van der Waals surface area contributed by atoms with Gasteiger partial charge in [0.25, 0.3) is 0 Å². The largest absolute Gasteiger partial charge is 0.453 e. The number of ether oxygens (including phenoxy) is 1. The van der Waals surface area contributed by atoms with Crippen molar-refractivity contribution in [3.63, 3.8) is 0 Å². The highest BCUT2D eigenvalue weighted by Gasteiger charge is 2.40. The van der Waals surface area contributed by atoms with Crippen molar-refractivity contribution in [3.8, 4) is 33.8 Å². The number of thiophene rings is 1. The molecule has 8 aromatic rings. The first-order valence-corrected chi connectivity index (χ1v) is 16.8. The maximum absolute atomic E-state index is 6.49. The smallest absolute Gasteiger partial charge is 0.198 e. The number of benzene rings is 6. The van der Waals surface area contributed by atoms with Gasteiger partial charge in [-0.2, -0.15) is 0 Å². The van der Waals surface area contributed by atoms with E-state index in [0.29, 0.717) is 0 Å². The molecule has 0 saturated heterocycles. The Hall–Kier alpha value is -5.26. The van der Waals surface area contributed by atoms with Gasteiger partial charge in [-0.3, -0.25) is 0 Å². The molecule has 0 saturated carbocycles. The zero-order chi connectivity index (χ0) is 30.3. The molecule has 216 valence electrons. The Morgan fingerprint density at radius 2 is 1.46 bits per heavy atom. The second-order valence-corrected chi connectivity index (χ2v) is 14.4. The van der Waals surface area contributed by atoms with E-state index in [2.05, 4.69) is 139 Å². The third-order valence-electron chi connectivity index (χ3n) is 10.6. The van der Waals surface area contributed by atoms with Gasteiger partial charge in [-0.1, -0.05) is 104 Å². The van der Waals surface area contributed by atoms with Crippen LogP contribution in [0.1, 0.15) is 25.1 Å². The minimum Gasteiger partial charge on any atom is -0.453 e. The summed E-state index contributed by atoms with van der Waals surface area (Å²) in [4.78, 5) is 6.50. The van der Waals surface area contributed by atoms with Crippen LogP contribution in [0, 0.1) is 0 Å². The molecular weight excluding hydrogens is 579 g/mol. The van der Waals surface area contributed by atoms with Gasteiger partial charge in [0, 0.05) is 53.5 Å². The molecule has 0 radical (unpaired) electrons. The number of fused-ring (bicyclic) bond motifs is 12. The Morgan fingerprint density at radius 1 is 0.696 bits per heavy atom. The van der Waals surface area contributed by atoms with Gasteiger partial charge in [-0.05, 0) is 52.5 Å². The Bertz CT molecular complexity index is 2640. The van der Waals surface area contributed by atoms with Crippen molar-refractivity contribution < 1.29 is 4.74 Å². The van der Waals surface area contributed by atoms with E-state index in [1.54, 1.807) is 0 Å². The van der Waals surface area contributed by atoms with Crippen LogP contribution < -0.4 is 20.6 Å². The lowest BCUT2D eigenvalue weighted by atomic mass is 9.58. The highest BCUT2D eigenvalue weighted by molar-refractivity contribution is 7.26. The predicted molar refractivity (Wildman–Crippen MR) is 195 cm³/mol. The van der Waals surface area contributed by atoms with Crippen LogP contribution in [0.25, 0.3) is 53.3 Å². The number of hydrogen-bond acceptors (Lipinski definition) is 3. The minimum absolute atomic E-state index is 0.0991. The molecule has 0 fully saturated rings. The Morgan fingerprint density at radius 3 is 2.41 bits per heavy atom. The predicted octanol–water partition coefficient (Wildman–Crippen LogP) is 9.79. The van der Waals surface area contributed by atoms with Gasteiger partial charge in [-0.25, -0.2) is 0 Å². The number of aromatic amines is 1. The zero-order valence-corrected chi connectivity index (χ0v) is 26.3. The summed E-state index contributed by atoms with van der Waals surface area (Å²) in [6, 6.07) is 42.1. The van der Waals surface area contributed by atoms with Crippen molar-refractivity contribution in [2.75, 3.05) is 4.90 Å². The first-order valence-electron chi connectivity index (χ1n) is 16.0. The monoisotopic (exact) mass is 606 g/mol. The molecule has 0 spiro atoms. The topological polar surface area (TPSA) is 28.3 Å². The summed E-state index contributed by atoms with van der Waals surface area (Å²) in [5, 5.41) is 3.91. The van der Waals surface area contributed by atoms with Crippen LogP contribution in [0.3, 0.4) is 0 Å². The molecule has 2 aliphatic heterocycles. The maximum atomic E-state index is 6.49. The van der Waals surface area contributed by atoms with Crippen molar-refractivity contribution >= 4 is 77.7 Å². The Labute approximate surface area is 270 Å². The quantitative estimate of drug-likeness (QED) is 0.189. The van der Waals surface area contributed by atoms with E-state index in [1.807, 2.05) is 11.3 Å². The van der Waals surface area contributed by atoms with Gasteiger partial charge in [0.05, 0.1) is 16.9 Å². The average molecular weight is 607 g/mol. The summed E-state index contributed by atoms with van der Waals surface area (Å²) >= 11 is 1.92. The number of nitrogens with one attached hydrogen (secondary N) is 1. The molecule has 0 bridgehead atoms. The number of H-pyrrole nitrogens is 1. The van der Waals surface area contributed by atoms with Crippen LogP contribution in [-0.2, 0) is 5.41 Å². The van der Waals surface area contributed by atoms with E-state index < -0.39 is 0 Å². The molecule has 1 N–H and O–H groups in total. The molecule has 0 atom stereocenters. The van der Waals surface area contributed by atoms with Gasteiger partial charge in [0.2, 0.25) is 0 Å². The zero-order valence-electron chi connectivity index (χ0n) is 25.4. The Balaban J connectivity index is 1.28. The standard InChI is InChI=1S/C41H27BN2OS/c1-41(2)27-15-5-3-12-23(27)34-24-13-9-14-25(37(24)43-40(34)41)35-36-30(21-26-22-11-4-8-20-33(22)46-39(26)35)44-29-17-6-7-18-31(29)45-32-19-10-16-28(42-36)38(32)44/h3-21,42-43H,1-2H3. The molecule has 11 rings (SSSR count). The van der Waals surface area contributed by atoms with Crippen molar-refractivity contribution in [1.82, 2.24) is 4.98 Å². The van der Waals surface area contributed by atoms with Gasteiger partial charge in [0.1, 0.15) is 0 Å². The molecule has 1 aliphatic carbocycles. The van der Waals surface area contributed by atoms with Crippen LogP contribution in [0.5, 0.6) is 11.5 Å². The molecule has 4 heterocycles. The SMILES string of the molecule is CC1(C)c2ccccc2-c2c1[nH]c1c(-c3c4c(cc5c3sc3ccccc35)N3c5ccccc5Oc5cccc(c53)B4)cccc21. The molecule has 46 heavy (non-hydrogen) atoms. The number of aromatic nitrogens is 1. The number of para-hydroxylation sites is 4. The highest BCUT2D eigenvalue weighted by atomic mass is 32.1. The normalized spacial score (nSPS) is 14.8. The molecule has 0 amide bonds. The molecule has 2 aromatic heterocycles. The van der Waals surface area contributed by atoms with E-state index in [4.69, 9.17) is 4.74 Å². The summed E-state index contributed by atoms with van der Waals surface area (Å²) in [6.45, 7) is 4.71. The minimum atomic E-state index is -0.0991. The molecule has 0 unspecified atom stereocenters. The van der Waals surface area contributed by atoms with Gasteiger partial charge in [-0.15, -0.1) is 11.3 Å². The van der Waals surface area contributed by atoms with E-state index in [-0.39, 0.29) is 5.41 Å². The van der Waals surface area contributed by atoms with Crippen LogP contribution in [0.2, 0.25) is 0 Å². The van der Waals surface area contributed by atoms with Crippen molar-refractivity contribution in [1.29, 1.82) is 0 Å². The lowest BCUT2D eigenvalue weighted by Gasteiger charge is -2.39. The van der Waals surface area contributed by atoms with E-state index in [1.165, 1.54) is 81.2 Å². The van der Waals surface area contributed by atoms with E-state index in [9.17, 15) is 0 Å². The summed E-state index contributed by atoms with van der Waals surface area (Å²) in [7, 11) is 0.838. The lowest BCUT2D eigenvalue weighted by molar-refractivity contribution is 0.477. The summed E-state index contributed by atoms with van der Waals surface area (Å²) in [5.74, 6) is 1.81. The second kappa shape index (κ2) is 8.51. The molecule has 5 heteroatoms. The maximum Gasteiger partial charge on any atom is 0.198 e. The fraction of sp³-hybridized carbons (Fsp3) is 0.0732. The first kappa shape index (κ1) is 25.0. The average Bonchev–Trinajstić information content (AvgIpc) is 3.73. The molecule has 3 nitrogen and oxygen atoms in total. The van der Waals surface area contributed by atoms with E-state index in [0.717, 1.165) is 30.2 Å². The molecule has 3 aliphatic rings. The number of nitrogens with zero attached hydrogens (tertiary/aromatic N) is 1. The third kappa shape index (κ3) is 3.00. The summed E-state index contributed by atoms with van der Waals surface area (Å²) in [6.07, 6.45) is 0. The first-order chi connectivity index (χ1) is 22.6. The molecular formula is C41H27BN2OS. The molecule has 6 aromatic carbocycles. The van der Waals surface area contributed by atoms with Crippen LogP contribution in [0.15, 0.2) is 115 Å². The van der Waals surface area contributed by atoms with Crippen LogP contribution in [0.4, 0.5) is 17.1 Å². The van der Waals surface area contributed by atoms with Gasteiger partial charge >= 0.3 is 0 Å². The van der Waals surface area contributed by atoms with Crippen molar-refractivity contribution in [3.05, 3.63) is 127 Å². The third-order valence-corrected chi connectivity index (χ3v) is 11.8. The van der Waals surface area contributed by atoms with Gasteiger partial charge in [0.15, 0.2) is 18.8 Å². The summed E-state index contributed by atoms with van der Waals surface area (Å²) in [5.41, 5.74) is 15.3. The number of hydrogen-bond donors (Lipinski definition) is 1. The highest BCUT2D eigenvalue weighted by Crippen LogP contribution is 2.55. The van der Waals surface area contributed by atoms with E-state index >= 15 is 0 Å². The van der Waals surface area contributed by atoms with Crippen LogP contribution in [-0.4, -0.2) is 12.3 Å². The fourth-order valence-corrected chi connectivity index (χ4v) is 9.82. The van der Waals surface area contributed by atoms with Gasteiger partial charge < -0.3 is 14.6 Å². The van der Waals surface area contributed by atoms with Crippen molar-refractivity contribution in [2.24, 2.45) is 0 Å². The van der Waals surface area contributed by atoms with Crippen molar-refractivity contribution in [2.45, 2.75) is 19.3 Å². The fourth-order valence-electron chi connectivity index (χ4n) is 8.56. The number of anilines is 3. The summed E-state index contributed by atoms with van der Waals surface area (Å²) < 4.78 is 9.16. The lowest BCUT2D eigenvalue weighted by Crippen LogP contribution is -2.42. The van der Waals surface area contributed by atoms with Crippen LogP contribution >= 0.6 is 11.3 Å². The number of rotatable bonds is 1. The second-order valence-electron chi connectivity index (χ2n) is 13.3. The Kier molecular flexibility index (Phi) is 4.62.